The highest BCUT2D eigenvalue weighted by molar-refractivity contribution is 4.92. The van der Waals surface area contributed by atoms with Crippen LogP contribution >= 0.6 is 0 Å². The second kappa shape index (κ2) is 4.53. The molecule has 0 radical (unpaired) electrons. The Morgan fingerprint density at radius 1 is 1.44 bits per heavy atom. The van der Waals surface area contributed by atoms with Gasteiger partial charge in [-0.15, -0.1) is 0 Å². The highest BCUT2D eigenvalue weighted by atomic mass is 15.2. The molecule has 4 heteroatoms. The third kappa shape index (κ3) is 2.82. The standard InChI is InChI=1S/C12H22N4/c1-9(11-13-8-14-16-11)15-10-4-6-12(2,3)7-5-10/h8-10,15H,4-7H2,1-3H3,(H,13,14,16). The zero-order valence-electron chi connectivity index (χ0n) is 10.5. The van der Waals surface area contributed by atoms with Crippen LogP contribution in [0, 0.1) is 5.41 Å². The molecule has 1 saturated carbocycles. The summed E-state index contributed by atoms with van der Waals surface area (Å²) < 4.78 is 0. The van der Waals surface area contributed by atoms with Crippen molar-refractivity contribution in [3.63, 3.8) is 0 Å². The normalized spacial score (nSPS) is 23.2. The maximum absolute atomic E-state index is 4.18. The van der Waals surface area contributed by atoms with Gasteiger partial charge < -0.3 is 5.32 Å². The first-order chi connectivity index (χ1) is 7.57. The summed E-state index contributed by atoms with van der Waals surface area (Å²) >= 11 is 0. The highest BCUT2D eigenvalue weighted by Crippen LogP contribution is 2.35. The largest absolute Gasteiger partial charge is 0.305 e. The van der Waals surface area contributed by atoms with Crippen molar-refractivity contribution in [3.8, 4) is 0 Å². The molecule has 90 valence electrons. The summed E-state index contributed by atoms with van der Waals surface area (Å²) in [6.07, 6.45) is 6.73. The minimum absolute atomic E-state index is 0.272. The SMILES string of the molecule is CC(NC1CCC(C)(C)CC1)c1ncn[nH]1. The minimum Gasteiger partial charge on any atom is -0.305 e. The van der Waals surface area contributed by atoms with Crippen molar-refractivity contribution in [2.75, 3.05) is 0 Å². The second-order valence-electron chi connectivity index (χ2n) is 5.70. The molecule has 1 unspecified atom stereocenters. The van der Waals surface area contributed by atoms with Crippen LogP contribution in [-0.4, -0.2) is 21.2 Å². The Balaban J connectivity index is 1.83. The van der Waals surface area contributed by atoms with Gasteiger partial charge in [-0.2, -0.15) is 5.10 Å². The lowest BCUT2D eigenvalue weighted by atomic mass is 9.75. The molecule has 0 aromatic carbocycles. The molecular formula is C12H22N4. The molecule has 2 rings (SSSR count). The van der Waals surface area contributed by atoms with E-state index in [1.807, 2.05) is 0 Å². The van der Waals surface area contributed by atoms with Gasteiger partial charge in [0.15, 0.2) is 0 Å². The second-order valence-corrected chi connectivity index (χ2v) is 5.70. The quantitative estimate of drug-likeness (QED) is 0.826. The molecule has 0 amide bonds. The molecule has 1 aliphatic rings. The molecule has 0 saturated heterocycles. The van der Waals surface area contributed by atoms with Gasteiger partial charge in [-0.1, -0.05) is 13.8 Å². The predicted molar refractivity (Wildman–Crippen MR) is 64.0 cm³/mol. The molecule has 1 aromatic rings. The Kier molecular flexibility index (Phi) is 3.28. The zero-order chi connectivity index (χ0) is 11.6. The van der Waals surface area contributed by atoms with Gasteiger partial charge in [0.2, 0.25) is 0 Å². The van der Waals surface area contributed by atoms with E-state index in [0.29, 0.717) is 11.5 Å². The Morgan fingerprint density at radius 2 is 2.12 bits per heavy atom. The van der Waals surface area contributed by atoms with Crippen LogP contribution in [0.5, 0.6) is 0 Å². The van der Waals surface area contributed by atoms with E-state index < -0.39 is 0 Å². The van der Waals surface area contributed by atoms with Gasteiger partial charge in [-0.25, -0.2) is 4.98 Å². The van der Waals surface area contributed by atoms with E-state index in [2.05, 4.69) is 41.3 Å². The van der Waals surface area contributed by atoms with Gasteiger partial charge in [0.25, 0.3) is 0 Å². The van der Waals surface area contributed by atoms with Crippen molar-refractivity contribution < 1.29 is 0 Å². The number of aromatic amines is 1. The minimum atomic E-state index is 0.272. The molecule has 1 atom stereocenters. The third-order valence-electron chi connectivity index (χ3n) is 3.67. The van der Waals surface area contributed by atoms with E-state index in [0.717, 1.165) is 5.82 Å². The van der Waals surface area contributed by atoms with Crippen LogP contribution in [0.4, 0.5) is 0 Å². The maximum Gasteiger partial charge on any atom is 0.141 e. The van der Waals surface area contributed by atoms with Crippen LogP contribution in [-0.2, 0) is 0 Å². The number of hydrogen-bond acceptors (Lipinski definition) is 3. The number of nitrogens with zero attached hydrogens (tertiary/aromatic N) is 2. The van der Waals surface area contributed by atoms with Gasteiger partial charge in [0, 0.05) is 6.04 Å². The Labute approximate surface area is 97.2 Å². The van der Waals surface area contributed by atoms with Crippen LogP contribution in [0.2, 0.25) is 0 Å². The lowest BCUT2D eigenvalue weighted by Gasteiger charge is -2.35. The summed E-state index contributed by atoms with van der Waals surface area (Å²) in [5.74, 6) is 0.935. The van der Waals surface area contributed by atoms with Crippen molar-refractivity contribution in [3.05, 3.63) is 12.2 Å². The van der Waals surface area contributed by atoms with Crippen molar-refractivity contribution in [2.24, 2.45) is 5.41 Å². The number of nitrogens with one attached hydrogen (secondary N) is 2. The lowest BCUT2D eigenvalue weighted by molar-refractivity contribution is 0.199. The van der Waals surface area contributed by atoms with Crippen molar-refractivity contribution in [1.29, 1.82) is 0 Å². The van der Waals surface area contributed by atoms with Gasteiger partial charge in [0.05, 0.1) is 6.04 Å². The Bertz CT molecular complexity index is 308. The first kappa shape index (κ1) is 11.6. The van der Waals surface area contributed by atoms with Gasteiger partial charge in [0.1, 0.15) is 12.2 Å². The maximum atomic E-state index is 4.18. The summed E-state index contributed by atoms with van der Waals surface area (Å²) in [6, 6.07) is 0.904. The van der Waals surface area contributed by atoms with E-state index in [1.165, 1.54) is 25.7 Å². The van der Waals surface area contributed by atoms with Gasteiger partial charge >= 0.3 is 0 Å². The van der Waals surface area contributed by atoms with Gasteiger partial charge in [-0.05, 0) is 38.0 Å². The molecule has 0 bridgehead atoms. The fourth-order valence-electron chi connectivity index (χ4n) is 2.42. The molecule has 1 aromatic heterocycles. The van der Waals surface area contributed by atoms with Crippen molar-refractivity contribution in [1.82, 2.24) is 20.5 Å². The predicted octanol–water partition coefficient (Wildman–Crippen LogP) is 2.42. The summed E-state index contributed by atoms with van der Waals surface area (Å²) in [6.45, 7) is 6.87. The number of rotatable bonds is 3. The number of aromatic nitrogens is 3. The molecule has 4 nitrogen and oxygen atoms in total. The topological polar surface area (TPSA) is 53.6 Å². The average Bonchev–Trinajstić information content (AvgIpc) is 2.74. The molecule has 0 spiro atoms. The Morgan fingerprint density at radius 3 is 2.69 bits per heavy atom. The van der Waals surface area contributed by atoms with E-state index in [1.54, 1.807) is 6.33 Å². The van der Waals surface area contributed by atoms with Gasteiger partial charge in [-0.3, -0.25) is 5.10 Å². The molecular weight excluding hydrogens is 200 g/mol. The third-order valence-corrected chi connectivity index (χ3v) is 3.67. The Hall–Kier alpha value is -0.900. The monoisotopic (exact) mass is 222 g/mol. The molecule has 16 heavy (non-hydrogen) atoms. The highest BCUT2D eigenvalue weighted by Gasteiger charge is 2.27. The molecule has 1 fully saturated rings. The fourth-order valence-corrected chi connectivity index (χ4v) is 2.42. The number of hydrogen-bond donors (Lipinski definition) is 2. The van der Waals surface area contributed by atoms with Crippen LogP contribution in [0.3, 0.4) is 0 Å². The summed E-state index contributed by atoms with van der Waals surface area (Å²) in [4.78, 5) is 4.18. The first-order valence-corrected chi connectivity index (χ1v) is 6.18. The number of H-pyrrole nitrogens is 1. The van der Waals surface area contributed by atoms with Crippen LogP contribution in [0.25, 0.3) is 0 Å². The average molecular weight is 222 g/mol. The fraction of sp³-hybridized carbons (Fsp3) is 0.833. The zero-order valence-corrected chi connectivity index (χ0v) is 10.5. The van der Waals surface area contributed by atoms with E-state index in [-0.39, 0.29) is 6.04 Å². The summed E-state index contributed by atoms with van der Waals surface area (Å²) in [5, 5.41) is 10.4. The molecule has 0 aliphatic heterocycles. The summed E-state index contributed by atoms with van der Waals surface area (Å²) in [5.41, 5.74) is 0.535. The van der Waals surface area contributed by atoms with E-state index in [4.69, 9.17) is 0 Å². The first-order valence-electron chi connectivity index (χ1n) is 6.18. The van der Waals surface area contributed by atoms with Crippen LogP contribution in [0.1, 0.15) is 58.3 Å². The lowest BCUT2D eigenvalue weighted by Crippen LogP contribution is -2.37. The van der Waals surface area contributed by atoms with Crippen molar-refractivity contribution in [2.45, 2.75) is 58.5 Å². The summed E-state index contributed by atoms with van der Waals surface area (Å²) in [7, 11) is 0. The molecule has 1 aliphatic carbocycles. The van der Waals surface area contributed by atoms with Crippen LogP contribution < -0.4 is 5.32 Å². The molecule has 1 heterocycles. The molecule has 2 N–H and O–H groups in total. The smallest absolute Gasteiger partial charge is 0.141 e. The van der Waals surface area contributed by atoms with Crippen LogP contribution in [0.15, 0.2) is 6.33 Å². The van der Waals surface area contributed by atoms with E-state index in [9.17, 15) is 0 Å². The van der Waals surface area contributed by atoms with E-state index >= 15 is 0 Å². The van der Waals surface area contributed by atoms with Crippen molar-refractivity contribution >= 4 is 0 Å².